The lowest BCUT2D eigenvalue weighted by Gasteiger charge is -2.40. The van der Waals surface area contributed by atoms with Crippen LogP contribution in [0.25, 0.3) is 22.3 Å². The van der Waals surface area contributed by atoms with Crippen LogP contribution in [-0.2, 0) is 17.5 Å². The molecule has 2 amide bonds. The number of likely N-dealkylation sites (tertiary alicyclic amines) is 1. The molecule has 1 aliphatic rings. The van der Waals surface area contributed by atoms with Crippen LogP contribution in [0.15, 0.2) is 67.0 Å². The van der Waals surface area contributed by atoms with Crippen LogP contribution < -0.4 is 5.32 Å². The Morgan fingerprint density at radius 2 is 1.71 bits per heavy atom. The summed E-state index contributed by atoms with van der Waals surface area (Å²) in [5, 5.41) is 2.86. The Balaban J connectivity index is 1.51. The molecule has 35 heavy (non-hydrogen) atoms. The second kappa shape index (κ2) is 9.70. The molecule has 0 radical (unpaired) electrons. The van der Waals surface area contributed by atoms with Gasteiger partial charge in [-0.1, -0.05) is 42.5 Å². The molecule has 0 unspecified atom stereocenters. The van der Waals surface area contributed by atoms with Gasteiger partial charge in [0.1, 0.15) is 0 Å². The van der Waals surface area contributed by atoms with Gasteiger partial charge in [0.15, 0.2) is 0 Å². The van der Waals surface area contributed by atoms with Crippen molar-refractivity contribution >= 4 is 6.03 Å². The highest BCUT2D eigenvalue weighted by atomic mass is 19.4. The number of carbonyl (C=O) groups is 1. The molecule has 0 aliphatic carbocycles. The molecule has 5 nitrogen and oxygen atoms in total. The SMILES string of the molecule is CC(C)(C)NC(=O)N1CC(OCc2ccc(-c3ccccc3-c3cccnc3)cc2C(F)(F)F)C1. The van der Waals surface area contributed by atoms with Gasteiger partial charge in [-0.05, 0) is 55.2 Å². The van der Waals surface area contributed by atoms with Crippen LogP contribution in [0.1, 0.15) is 31.9 Å². The number of pyridine rings is 1. The lowest BCUT2D eigenvalue weighted by Crippen LogP contribution is -2.60. The number of alkyl halides is 3. The van der Waals surface area contributed by atoms with Gasteiger partial charge in [0.25, 0.3) is 0 Å². The first-order valence-corrected chi connectivity index (χ1v) is 11.4. The molecule has 2 aromatic carbocycles. The number of carbonyl (C=O) groups excluding carboxylic acids is 1. The molecule has 1 saturated heterocycles. The van der Waals surface area contributed by atoms with Gasteiger partial charge in [-0.3, -0.25) is 4.98 Å². The van der Waals surface area contributed by atoms with Crippen LogP contribution >= 0.6 is 0 Å². The minimum absolute atomic E-state index is 0.0673. The summed E-state index contributed by atoms with van der Waals surface area (Å²) < 4.78 is 47.7. The second-order valence-corrected chi connectivity index (χ2v) is 9.68. The van der Waals surface area contributed by atoms with E-state index in [2.05, 4.69) is 10.3 Å². The molecule has 1 aliphatic heterocycles. The lowest BCUT2D eigenvalue weighted by atomic mass is 9.93. The highest BCUT2D eigenvalue weighted by Gasteiger charge is 2.36. The smallest absolute Gasteiger partial charge is 0.370 e. The zero-order valence-electron chi connectivity index (χ0n) is 19.9. The molecular formula is C27H28F3N3O2. The summed E-state index contributed by atoms with van der Waals surface area (Å²) in [5.41, 5.74) is 1.78. The van der Waals surface area contributed by atoms with Crippen molar-refractivity contribution in [1.29, 1.82) is 0 Å². The summed E-state index contributed by atoms with van der Waals surface area (Å²) in [7, 11) is 0. The molecule has 0 spiro atoms. The van der Waals surface area contributed by atoms with E-state index in [-0.39, 0.29) is 29.8 Å². The number of hydrogen-bond acceptors (Lipinski definition) is 3. The van der Waals surface area contributed by atoms with Crippen molar-refractivity contribution in [3.63, 3.8) is 0 Å². The van der Waals surface area contributed by atoms with Gasteiger partial charge in [0.2, 0.25) is 0 Å². The molecule has 1 N–H and O–H groups in total. The average Bonchev–Trinajstić information content (AvgIpc) is 2.77. The van der Waals surface area contributed by atoms with Crippen LogP contribution in [0.4, 0.5) is 18.0 Å². The van der Waals surface area contributed by atoms with Gasteiger partial charge in [0.05, 0.1) is 31.4 Å². The predicted octanol–water partition coefficient (Wildman–Crippen LogP) is 6.14. The van der Waals surface area contributed by atoms with E-state index in [0.717, 1.165) is 11.1 Å². The zero-order chi connectivity index (χ0) is 25.2. The Labute approximate surface area is 202 Å². The normalized spacial score (nSPS) is 14.5. The minimum atomic E-state index is -4.53. The molecule has 1 aromatic heterocycles. The average molecular weight is 484 g/mol. The zero-order valence-corrected chi connectivity index (χ0v) is 19.9. The Bertz CT molecular complexity index is 1180. The minimum Gasteiger partial charge on any atom is -0.370 e. The van der Waals surface area contributed by atoms with Crippen LogP contribution in [0.2, 0.25) is 0 Å². The van der Waals surface area contributed by atoms with E-state index < -0.39 is 11.7 Å². The van der Waals surface area contributed by atoms with Gasteiger partial charge >= 0.3 is 12.2 Å². The number of urea groups is 1. The van der Waals surface area contributed by atoms with E-state index in [1.54, 1.807) is 41.6 Å². The first-order valence-electron chi connectivity index (χ1n) is 11.4. The standard InChI is InChI=1S/C27H28F3N3O2/c1-26(2,3)32-25(34)33-15-21(16-33)35-17-20-11-10-18(13-24(20)27(28,29)30)22-8-4-5-9-23(22)19-7-6-12-31-14-19/h4-14,21H,15-17H2,1-3H3,(H,32,34). The molecular weight excluding hydrogens is 455 g/mol. The quantitative estimate of drug-likeness (QED) is 0.474. The van der Waals surface area contributed by atoms with E-state index in [9.17, 15) is 18.0 Å². The predicted molar refractivity (Wildman–Crippen MR) is 129 cm³/mol. The Kier molecular flexibility index (Phi) is 6.85. The summed E-state index contributed by atoms with van der Waals surface area (Å²) in [5.74, 6) is 0. The number of nitrogens with zero attached hydrogens (tertiary/aromatic N) is 2. The fourth-order valence-electron chi connectivity index (χ4n) is 3.96. The topological polar surface area (TPSA) is 54.5 Å². The highest BCUT2D eigenvalue weighted by molar-refractivity contribution is 5.83. The van der Waals surface area contributed by atoms with Crippen LogP contribution in [-0.4, -0.2) is 40.6 Å². The number of halogens is 3. The third-order valence-electron chi connectivity index (χ3n) is 5.72. The molecule has 3 aromatic rings. The molecule has 8 heteroatoms. The third kappa shape index (κ3) is 6.00. The van der Waals surface area contributed by atoms with Crippen molar-refractivity contribution < 1.29 is 22.7 Å². The maximum absolute atomic E-state index is 14.0. The number of ether oxygens (including phenoxy) is 1. The summed E-state index contributed by atoms with van der Waals surface area (Å²) in [6.45, 7) is 6.17. The number of amides is 2. The number of aromatic nitrogens is 1. The molecule has 0 atom stereocenters. The molecule has 2 heterocycles. The van der Waals surface area contributed by atoms with Crippen molar-refractivity contribution in [2.24, 2.45) is 0 Å². The van der Waals surface area contributed by atoms with Crippen LogP contribution in [0.3, 0.4) is 0 Å². The first-order chi connectivity index (χ1) is 16.5. The van der Waals surface area contributed by atoms with Gasteiger partial charge < -0.3 is 15.0 Å². The summed E-state index contributed by atoms with van der Waals surface area (Å²) in [6, 6.07) is 15.1. The number of rotatable bonds is 5. The van der Waals surface area contributed by atoms with Crippen molar-refractivity contribution in [3.05, 3.63) is 78.1 Å². The fourth-order valence-corrected chi connectivity index (χ4v) is 3.96. The monoisotopic (exact) mass is 483 g/mol. The fraction of sp³-hybridized carbons (Fsp3) is 0.333. The van der Waals surface area contributed by atoms with Gasteiger partial charge in [-0.25, -0.2) is 4.79 Å². The van der Waals surface area contributed by atoms with Crippen LogP contribution in [0, 0.1) is 0 Å². The van der Waals surface area contributed by atoms with Crippen LogP contribution in [0.5, 0.6) is 0 Å². The molecule has 4 rings (SSSR count). The van der Waals surface area contributed by atoms with E-state index in [1.165, 1.54) is 12.1 Å². The Hall–Kier alpha value is -3.39. The third-order valence-corrected chi connectivity index (χ3v) is 5.72. The lowest BCUT2D eigenvalue weighted by molar-refractivity contribution is -0.139. The maximum atomic E-state index is 14.0. The van der Waals surface area contributed by atoms with Gasteiger partial charge in [-0.15, -0.1) is 0 Å². The largest absolute Gasteiger partial charge is 0.416 e. The van der Waals surface area contributed by atoms with E-state index in [4.69, 9.17) is 4.74 Å². The first kappa shape index (κ1) is 24.7. The van der Waals surface area contributed by atoms with Crippen molar-refractivity contribution in [1.82, 2.24) is 15.2 Å². The van der Waals surface area contributed by atoms with Gasteiger partial charge in [0, 0.05) is 23.5 Å². The number of benzene rings is 2. The van der Waals surface area contributed by atoms with Crippen molar-refractivity contribution in [2.45, 2.75) is 45.2 Å². The van der Waals surface area contributed by atoms with Crippen molar-refractivity contribution in [3.8, 4) is 22.3 Å². The Morgan fingerprint density at radius 3 is 2.31 bits per heavy atom. The highest BCUT2D eigenvalue weighted by Crippen LogP contribution is 2.38. The van der Waals surface area contributed by atoms with E-state index >= 15 is 0 Å². The second-order valence-electron chi connectivity index (χ2n) is 9.68. The number of nitrogens with one attached hydrogen (secondary N) is 1. The van der Waals surface area contributed by atoms with E-state index in [1.807, 2.05) is 39.0 Å². The summed E-state index contributed by atoms with van der Waals surface area (Å²) in [6.07, 6.45) is -1.49. The maximum Gasteiger partial charge on any atom is 0.416 e. The number of hydrogen-bond donors (Lipinski definition) is 1. The molecule has 0 bridgehead atoms. The van der Waals surface area contributed by atoms with Crippen molar-refractivity contribution in [2.75, 3.05) is 13.1 Å². The van der Waals surface area contributed by atoms with Gasteiger partial charge in [-0.2, -0.15) is 13.2 Å². The Morgan fingerprint density at radius 1 is 1.03 bits per heavy atom. The summed E-state index contributed by atoms with van der Waals surface area (Å²) >= 11 is 0. The molecule has 184 valence electrons. The summed E-state index contributed by atoms with van der Waals surface area (Å²) in [4.78, 5) is 17.9. The molecule has 0 saturated carbocycles. The molecule has 1 fully saturated rings. The van der Waals surface area contributed by atoms with E-state index in [0.29, 0.717) is 24.2 Å².